The Bertz CT molecular complexity index is 435. The summed E-state index contributed by atoms with van der Waals surface area (Å²) in [6.07, 6.45) is 1.11. The lowest BCUT2D eigenvalue weighted by atomic mass is 10.1. The molecule has 0 bridgehead atoms. The molecule has 0 aromatic carbocycles. The smallest absolute Gasteiger partial charge is 0.425 e. The predicted octanol–water partition coefficient (Wildman–Crippen LogP) is 2.33. The number of nitrogens with zero attached hydrogens (tertiary/aromatic N) is 2. The number of H-pyrrole nitrogens is 1. The first-order chi connectivity index (χ1) is 8.40. The van der Waals surface area contributed by atoms with Crippen LogP contribution in [0.4, 0.5) is 4.79 Å². The Morgan fingerprint density at radius 3 is 2.67 bits per heavy atom. The van der Waals surface area contributed by atoms with Gasteiger partial charge in [0, 0.05) is 12.1 Å². The molecule has 6 nitrogen and oxygen atoms in total. The maximum Gasteiger partial charge on any atom is 0.425 e. The Labute approximate surface area is 107 Å². The van der Waals surface area contributed by atoms with Crippen LogP contribution in [0.5, 0.6) is 0 Å². The van der Waals surface area contributed by atoms with Gasteiger partial charge in [0.15, 0.2) is 0 Å². The van der Waals surface area contributed by atoms with E-state index in [-0.39, 0.29) is 5.92 Å². The Morgan fingerprint density at radius 2 is 2.17 bits per heavy atom. The van der Waals surface area contributed by atoms with Gasteiger partial charge in [0.05, 0.1) is 6.21 Å². The van der Waals surface area contributed by atoms with Crippen LogP contribution in [0, 0.1) is 5.92 Å². The molecule has 18 heavy (non-hydrogen) atoms. The monoisotopic (exact) mass is 252 g/mol. The molecule has 1 aromatic rings. The summed E-state index contributed by atoms with van der Waals surface area (Å²) >= 11 is 0. The van der Waals surface area contributed by atoms with E-state index in [0.717, 1.165) is 17.9 Å². The van der Waals surface area contributed by atoms with Crippen LogP contribution < -0.4 is 5.43 Å². The molecule has 0 unspecified atom stereocenters. The fourth-order valence-electron chi connectivity index (χ4n) is 1.62. The summed E-state index contributed by atoms with van der Waals surface area (Å²) in [6, 6.07) is 0. The van der Waals surface area contributed by atoms with E-state index in [2.05, 4.69) is 42.8 Å². The maximum absolute atomic E-state index is 10.3. The number of carbonyl (C=O) groups is 1. The van der Waals surface area contributed by atoms with Crippen LogP contribution in [0.2, 0.25) is 0 Å². The number of aromatic nitrogens is 2. The average molecular weight is 252 g/mol. The lowest BCUT2D eigenvalue weighted by Crippen LogP contribution is -2.13. The molecule has 0 aliphatic carbocycles. The zero-order valence-electron chi connectivity index (χ0n) is 11.2. The van der Waals surface area contributed by atoms with Crippen LogP contribution in [0.15, 0.2) is 5.10 Å². The number of hydrogen-bond acceptors (Lipinski definition) is 3. The second-order valence-corrected chi connectivity index (χ2v) is 4.91. The molecule has 100 valence electrons. The Hall–Kier alpha value is -1.85. The molecule has 3 N–H and O–H groups in total. The number of amides is 1. The molecular formula is C12H20N4O2. The van der Waals surface area contributed by atoms with Crippen molar-refractivity contribution in [1.29, 1.82) is 0 Å². The van der Waals surface area contributed by atoms with Crippen molar-refractivity contribution in [3.8, 4) is 0 Å². The highest BCUT2D eigenvalue weighted by Crippen LogP contribution is 2.17. The van der Waals surface area contributed by atoms with Crippen LogP contribution in [0.25, 0.3) is 0 Å². The maximum atomic E-state index is 10.3. The first-order valence-corrected chi connectivity index (χ1v) is 6.01. The number of hydrogen-bond donors (Lipinski definition) is 3. The van der Waals surface area contributed by atoms with Gasteiger partial charge in [-0.25, -0.2) is 15.2 Å². The molecule has 0 saturated heterocycles. The van der Waals surface area contributed by atoms with Gasteiger partial charge in [0.25, 0.3) is 0 Å². The number of aromatic amines is 1. The van der Waals surface area contributed by atoms with Crippen molar-refractivity contribution >= 4 is 12.3 Å². The van der Waals surface area contributed by atoms with E-state index in [0.29, 0.717) is 11.6 Å². The zero-order valence-corrected chi connectivity index (χ0v) is 11.2. The van der Waals surface area contributed by atoms with Crippen LogP contribution in [-0.4, -0.2) is 27.4 Å². The summed E-state index contributed by atoms with van der Waals surface area (Å²) in [6.45, 7) is 8.35. The highest BCUT2D eigenvalue weighted by Gasteiger charge is 2.12. The Balaban J connectivity index is 2.90. The van der Waals surface area contributed by atoms with Gasteiger partial charge >= 0.3 is 6.09 Å². The third kappa shape index (κ3) is 4.20. The fraction of sp³-hybridized carbons (Fsp3) is 0.583. The lowest BCUT2D eigenvalue weighted by Gasteiger charge is -2.02. The van der Waals surface area contributed by atoms with Gasteiger partial charge in [-0.15, -0.1) is 0 Å². The molecule has 0 spiro atoms. The number of carboxylic acid groups (broad SMARTS) is 1. The summed E-state index contributed by atoms with van der Waals surface area (Å²) in [5.41, 5.74) is 3.61. The molecular weight excluding hydrogens is 232 g/mol. The van der Waals surface area contributed by atoms with Crippen LogP contribution >= 0.6 is 0 Å². The topological polar surface area (TPSA) is 90.4 Å². The van der Waals surface area contributed by atoms with E-state index in [9.17, 15) is 4.79 Å². The van der Waals surface area contributed by atoms with E-state index < -0.39 is 6.09 Å². The van der Waals surface area contributed by atoms with Gasteiger partial charge in [-0.2, -0.15) is 5.10 Å². The van der Waals surface area contributed by atoms with Crippen LogP contribution in [-0.2, 0) is 6.42 Å². The quantitative estimate of drug-likeness (QED) is 0.555. The summed E-state index contributed by atoms with van der Waals surface area (Å²) in [5.74, 6) is 1.70. The molecule has 1 rings (SSSR count). The summed E-state index contributed by atoms with van der Waals surface area (Å²) in [7, 11) is 0. The van der Waals surface area contributed by atoms with Gasteiger partial charge in [-0.3, -0.25) is 0 Å². The van der Waals surface area contributed by atoms with Crippen molar-refractivity contribution in [2.75, 3.05) is 0 Å². The third-order valence-corrected chi connectivity index (χ3v) is 2.34. The standard InChI is InChI=1S/C12H20N4O2/c1-7(2)5-10-14-9(6-13-16-12(17)18)11(15-10)8(3)4/h6-8,16H,5H2,1-4H3,(H,14,15)(H,17,18)/b13-6+. The van der Waals surface area contributed by atoms with Crippen LogP contribution in [0.1, 0.15) is 50.8 Å². The summed E-state index contributed by atoms with van der Waals surface area (Å²) < 4.78 is 0. The zero-order chi connectivity index (χ0) is 13.7. The second-order valence-electron chi connectivity index (χ2n) is 4.91. The second kappa shape index (κ2) is 6.18. The van der Waals surface area contributed by atoms with Crippen molar-refractivity contribution < 1.29 is 9.90 Å². The summed E-state index contributed by atoms with van der Waals surface area (Å²) in [5, 5.41) is 12.1. The largest absolute Gasteiger partial charge is 0.464 e. The van der Waals surface area contributed by atoms with Gasteiger partial charge in [0.1, 0.15) is 11.5 Å². The van der Waals surface area contributed by atoms with Gasteiger partial charge in [-0.05, 0) is 11.8 Å². The molecule has 1 aromatic heterocycles. The first-order valence-electron chi connectivity index (χ1n) is 6.01. The van der Waals surface area contributed by atoms with Gasteiger partial charge in [0.2, 0.25) is 0 Å². The molecule has 0 aliphatic heterocycles. The minimum absolute atomic E-state index is 0.282. The van der Waals surface area contributed by atoms with Gasteiger partial charge < -0.3 is 10.1 Å². The molecule has 0 radical (unpaired) electrons. The van der Waals surface area contributed by atoms with Crippen molar-refractivity contribution in [2.24, 2.45) is 11.0 Å². The number of nitrogens with one attached hydrogen (secondary N) is 2. The molecule has 1 heterocycles. The lowest BCUT2D eigenvalue weighted by molar-refractivity contribution is 0.195. The fourth-order valence-corrected chi connectivity index (χ4v) is 1.62. The van der Waals surface area contributed by atoms with Crippen molar-refractivity contribution in [2.45, 2.75) is 40.0 Å². The molecule has 0 atom stereocenters. The molecule has 0 aliphatic rings. The SMILES string of the molecule is CC(C)Cc1nc(/C=N/NC(=O)O)c(C(C)C)[nH]1. The van der Waals surface area contributed by atoms with Crippen molar-refractivity contribution in [1.82, 2.24) is 15.4 Å². The number of imidazole rings is 1. The van der Waals surface area contributed by atoms with E-state index in [1.54, 1.807) is 0 Å². The number of hydrazone groups is 1. The third-order valence-electron chi connectivity index (χ3n) is 2.34. The molecule has 0 saturated carbocycles. The van der Waals surface area contributed by atoms with E-state index >= 15 is 0 Å². The van der Waals surface area contributed by atoms with Gasteiger partial charge in [-0.1, -0.05) is 27.7 Å². The highest BCUT2D eigenvalue weighted by atomic mass is 16.4. The van der Waals surface area contributed by atoms with Crippen molar-refractivity contribution in [3.05, 3.63) is 17.2 Å². The molecule has 0 fully saturated rings. The number of rotatable bonds is 5. The summed E-state index contributed by atoms with van der Waals surface area (Å²) in [4.78, 5) is 18.0. The minimum Gasteiger partial charge on any atom is -0.464 e. The Kier molecular flexibility index (Phi) is 4.88. The molecule has 1 amide bonds. The Morgan fingerprint density at radius 1 is 1.50 bits per heavy atom. The molecule has 6 heteroatoms. The van der Waals surface area contributed by atoms with E-state index in [1.165, 1.54) is 6.21 Å². The highest BCUT2D eigenvalue weighted by molar-refractivity contribution is 5.80. The normalized spacial score (nSPS) is 11.7. The minimum atomic E-state index is -1.18. The van der Waals surface area contributed by atoms with Crippen molar-refractivity contribution in [3.63, 3.8) is 0 Å². The first kappa shape index (κ1) is 14.2. The van der Waals surface area contributed by atoms with Crippen LogP contribution in [0.3, 0.4) is 0 Å². The van der Waals surface area contributed by atoms with E-state index in [1.807, 2.05) is 5.43 Å². The van der Waals surface area contributed by atoms with E-state index in [4.69, 9.17) is 5.11 Å². The average Bonchev–Trinajstić information content (AvgIpc) is 2.59. The predicted molar refractivity (Wildman–Crippen MR) is 70.0 cm³/mol.